The van der Waals surface area contributed by atoms with E-state index in [4.69, 9.17) is 11.6 Å². The van der Waals surface area contributed by atoms with Gasteiger partial charge in [0, 0.05) is 39.6 Å². The Morgan fingerprint density at radius 2 is 2.09 bits per heavy atom. The van der Waals surface area contributed by atoms with Crippen LogP contribution in [0.4, 0.5) is 0 Å². The third kappa shape index (κ3) is 4.37. The zero-order chi connectivity index (χ0) is 22.2. The number of aromatic nitrogens is 1. The molecule has 2 aromatic heterocycles. The van der Waals surface area contributed by atoms with Crippen LogP contribution in [-0.4, -0.2) is 47.0 Å². The zero-order valence-electron chi connectivity index (χ0n) is 17.9. The van der Waals surface area contributed by atoms with Crippen LogP contribution in [0, 0.1) is 0 Å². The van der Waals surface area contributed by atoms with Crippen molar-refractivity contribution in [2.45, 2.75) is 44.7 Å². The fourth-order valence-electron chi connectivity index (χ4n) is 4.51. The van der Waals surface area contributed by atoms with Crippen molar-refractivity contribution < 1.29 is 9.59 Å². The zero-order valence-corrected chi connectivity index (χ0v) is 19.5. The molecule has 0 saturated heterocycles. The first-order valence-electron chi connectivity index (χ1n) is 11.0. The Morgan fingerprint density at radius 3 is 2.97 bits per heavy atom. The summed E-state index contributed by atoms with van der Waals surface area (Å²) in [4.78, 5) is 37.7. The number of carbonyl (C=O) groups excluding carboxylic acids is 2. The molecule has 2 N–H and O–H groups in total. The number of carbonyl (C=O) groups is 2. The number of aromatic amines is 1. The Labute approximate surface area is 195 Å². The maximum absolute atomic E-state index is 12.9. The van der Waals surface area contributed by atoms with Crippen molar-refractivity contribution in [3.8, 4) is 0 Å². The number of nitrogens with one attached hydrogen (secondary N) is 2. The third-order valence-corrected chi connectivity index (χ3v) is 7.68. The molecule has 0 unspecified atom stereocenters. The van der Waals surface area contributed by atoms with Crippen LogP contribution in [0.3, 0.4) is 0 Å². The highest BCUT2D eigenvalue weighted by molar-refractivity contribution is 7.14. The molecule has 32 heavy (non-hydrogen) atoms. The van der Waals surface area contributed by atoms with Crippen LogP contribution in [0.5, 0.6) is 0 Å². The summed E-state index contributed by atoms with van der Waals surface area (Å²) in [6.45, 7) is 1.90. The summed E-state index contributed by atoms with van der Waals surface area (Å²) in [6, 6.07) is 9.05. The SMILES string of the molecule is CN1CCc2sc(C(=O)N=C3CCCC[C@@H]3NC(=O)c3cc4cc(Cl)ccc4[nH]3)cc2C1. The maximum atomic E-state index is 12.9. The molecule has 6 nitrogen and oxygen atoms in total. The number of hydrogen-bond acceptors (Lipinski definition) is 4. The first kappa shape index (κ1) is 21.4. The number of amides is 2. The monoisotopic (exact) mass is 468 g/mol. The molecule has 5 rings (SSSR count). The molecule has 1 atom stereocenters. The summed E-state index contributed by atoms with van der Waals surface area (Å²) < 4.78 is 0. The van der Waals surface area contributed by atoms with E-state index in [-0.39, 0.29) is 17.9 Å². The fourth-order valence-corrected chi connectivity index (χ4v) is 5.74. The number of halogens is 1. The van der Waals surface area contributed by atoms with E-state index < -0.39 is 0 Å². The summed E-state index contributed by atoms with van der Waals surface area (Å²) >= 11 is 7.62. The molecule has 8 heteroatoms. The van der Waals surface area contributed by atoms with Gasteiger partial charge in [0.15, 0.2) is 0 Å². The van der Waals surface area contributed by atoms with Gasteiger partial charge in [-0.1, -0.05) is 18.0 Å². The number of benzene rings is 1. The van der Waals surface area contributed by atoms with Gasteiger partial charge in [0.25, 0.3) is 11.8 Å². The third-order valence-electron chi connectivity index (χ3n) is 6.22. The van der Waals surface area contributed by atoms with Crippen molar-refractivity contribution in [3.05, 3.63) is 56.4 Å². The first-order chi connectivity index (χ1) is 15.5. The van der Waals surface area contributed by atoms with Crippen LogP contribution >= 0.6 is 22.9 Å². The average molecular weight is 469 g/mol. The van der Waals surface area contributed by atoms with Crippen molar-refractivity contribution in [3.63, 3.8) is 0 Å². The quantitative estimate of drug-likeness (QED) is 0.578. The second kappa shape index (κ2) is 8.81. The predicted molar refractivity (Wildman–Crippen MR) is 129 cm³/mol. The van der Waals surface area contributed by atoms with E-state index in [1.807, 2.05) is 18.2 Å². The summed E-state index contributed by atoms with van der Waals surface area (Å²) in [5.41, 5.74) is 3.35. The molecule has 3 heterocycles. The number of fused-ring (bicyclic) bond motifs is 2. The van der Waals surface area contributed by atoms with Gasteiger partial charge < -0.3 is 15.2 Å². The van der Waals surface area contributed by atoms with Gasteiger partial charge >= 0.3 is 0 Å². The van der Waals surface area contributed by atoms with E-state index in [2.05, 4.69) is 27.2 Å². The van der Waals surface area contributed by atoms with Crippen molar-refractivity contribution >= 4 is 51.4 Å². The van der Waals surface area contributed by atoms with Gasteiger partial charge in [-0.3, -0.25) is 9.59 Å². The van der Waals surface area contributed by atoms with E-state index >= 15 is 0 Å². The summed E-state index contributed by atoms with van der Waals surface area (Å²) in [5.74, 6) is -0.387. The molecule has 0 spiro atoms. The lowest BCUT2D eigenvalue weighted by Gasteiger charge is -2.24. The Balaban J connectivity index is 1.33. The summed E-state index contributed by atoms with van der Waals surface area (Å²) in [6.07, 6.45) is 4.48. The number of aliphatic imine (C=N–C) groups is 1. The second-order valence-electron chi connectivity index (χ2n) is 8.64. The number of rotatable bonds is 3. The second-order valence-corrected chi connectivity index (χ2v) is 10.2. The standard InChI is InChI=1S/C24H25ClN4O2S/c1-29-9-8-21-15(13-29)12-22(32-21)24(31)28-19-5-3-2-4-18(19)27-23(30)20-11-14-10-16(25)6-7-17(14)26-20/h6-7,10-12,18,26H,2-5,8-9,13H2,1H3,(H,27,30)/t18-/m0/s1. The van der Waals surface area contributed by atoms with Crippen molar-refractivity contribution in [2.75, 3.05) is 13.6 Å². The fraction of sp³-hybridized carbons (Fsp3) is 0.375. The molecule has 166 valence electrons. The van der Waals surface area contributed by atoms with E-state index in [9.17, 15) is 9.59 Å². The smallest absolute Gasteiger partial charge is 0.287 e. The average Bonchev–Trinajstić information content (AvgIpc) is 3.38. The lowest BCUT2D eigenvalue weighted by molar-refractivity contribution is 0.0936. The molecule has 3 aromatic rings. The molecule has 1 aromatic carbocycles. The van der Waals surface area contributed by atoms with Crippen molar-refractivity contribution in [1.82, 2.24) is 15.2 Å². The molecule has 1 saturated carbocycles. The van der Waals surface area contributed by atoms with Crippen LogP contribution in [0.15, 0.2) is 35.3 Å². The van der Waals surface area contributed by atoms with Crippen molar-refractivity contribution in [1.29, 1.82) is 0 Å². The highest BCUT2D eigenvalue weighted by Crippen LogP contribution is 2.29. The predicted octanol–water partition coefficient (Wildman–Crippen LogP) is 4.82. The molecule has 1 aliphatic heterocycles. The minimum Gasteiger partial charge on any atom is -0.351 e. The van der Waals surface area contributed by atoms with Crippen molar-refractivity contribution in [2.24, 2.45) is 4.99 Å². The van der Waals surface area contributed by atoms with Crippen LogP contribution in [-0.2, 0) is 13.0 Å². The minimum absolute atomic E-state index is 0.191. The molecule has 0 bridgehead atoms. The molecule has 1 aliphatic carbocycles. The lowest BCUT2D eigenvalue weighted by Crippen LogP contribution is -2.43. The Bertz CT molecular complexity index is 1230. The molecular formula is C24H25ClN4O2S. The van der Waals surface area contributed by atoms with Crippen LogP contribution in [0.2, 0.25) is 5.02 Å². The lowest BCUT2D eigenvalue weighted by atomic mass is 9.93. The molecule has 2 amide bonds. The van der Waals surface area contributed by atoms with Crippen LogP contribution in [0.25, 0.3) is 10.9 Å². The van der Waals surface area contributed by atoms with Gasteiger partial charge in [0.2, 0.25) is 0 Å². The first-order valence-corrected chi connectivity index (χ1v) is 12.2. The highest BCUT2D eigenvalue weighted by atomic mass is 35.5. The molecule has 2 aliphatic rings. The molecular weight excluding hydrogens is 444 g/mol. The number of nitrogens with zero attached hydrogens (tertiary/aromatic N) is 2. The number of likely N-dealkylation sites (N-methyl/N-ethyl adjacent to an activating group) is 1. The Kier molecular flexibility index (Phi) is 5.88. The normalized spacial score (nSPS) is 20.4. The number of hydrogen-bond donors (Lipinski definition) is 2. The Morgan fingerprint density at radius 1 is 1.22 bits per heavy atom. The van der Waals surface area contributed by atoms with Crippen LogP contribution in [0.1, 0.15) is 56.3 Å². The van der Waals surface area contributed by atoms with Gasteiger partial charge in [-0.25, -0.2) is 4.99 Å². The van der Waals surface area contributed by atoms with Gasteiger partial charge in [0.05, 0.1) is 10.9 Å². The molecule has 1 fully saturated rings. The van der Waals surface area contributed by atoms with E-state index in [1.54, 1.807) is 23.5 Å². The van der Waals surface area contributed by atoms with E-state index in [0.29, 0.717) is 15.6 Å². The van der Waals surface area contributed by atoms with Gasteiger partial charge in [-0.05, 0) is 68.6 Å². The largest absolute Gasteiger partial charge is 0.351 e. The van der Waals surface area contributed by atoms with Crippen LogP contribution < -0.4 is 5.32 Å². The number of H-pyrrole nitrogens is 1. The Hall–Kier alpha value is -2.48. The number of thiophene rings is 1. The van der Waals surface area contributed by atoms with Gasteiger partial charge in [-0.2, -0.15) is 0 Å². The highest BCUT2D eigenvalue weighted by Gasteiger charge is 2.26. The minimum atomic E-state index is -0.226. The van der Waals surface area contributed by atoms with E-state index in [1.165, 1.54) is 10.4 Å². The molecule has 0 radical (unpaired) electrons. The van der Waals surface area contributed by atoms with E-state index in [0.717, 1.165) is 61.8 Å². The topological polar surface area (TPSA) is 77.6 Å². The van der Waals surface area contributed by atoms with Gasteiger partial charge in [0.1, 0.15) is 5.69 Å². The summed E-state index contributed by atoms with van der Waals surface area (Å²) in [5, 5.41) is 4.60. The maximum Gasteiger partial charge on any atom is 0.287 e. The van der Waals surface area contributed by atoms with Gasteiger partial charge in [-0.15, -0.1) is 11.3 Å². The summed E-state index contributed by atoms with van der Waals surface area (Å²) in [7, 11) is 2.10.